The molecule has 2 spiro atoms. The maximum absolute atomic E-state index is 2.63. The molecule has 0 saturated heterocycles. The average molecular weight is 828 g/mol. The van der Waals surface area contributed by atoms with E-state index < -0.39 is 0 Å². The largest absolute Gasteiger partial charge is 0.309 e. The third-order valence-electron chi connectivity index (χ3n) is 18.0. The molecule has 6 aliphatic rings. The summed E-state index contributed by atoms with van der Waals surface area (Å²) in [6.07, 6.45) is 10.9. The molecule has 5 fully saturated rings. The van der Waals surface area contributed by atoms with Crippen molar-refractivity contribution in [2.24, 2.45) is 29.1 Å². The van der Waals surface area contributed by atoms with Gasteiger partial charge in [-0.15, -0.1) is 11.3 Å². The Labute approximate surface area is 374 Å². The summed E-state index contributed by atoms with van der Waals surface area (Å²) in [6.45, 7) is 0. The summed E-state index contributed by atoms with van der Waals surface area (Å²) < 4.78 is 2.65. The van der Waals surface area contributed by atoms with Gasteiger partial charge in [-0.3, -0.25) is 0 Å². The Morgan fingerprint density at radius 3 is 1.98 bits per heavy atom. The molecule has 15 rings (SSSR count). The van der Waals surface area contributed by atoms with Crippen LogP contribution >= 0.6 is 11.3 Å². The molecule has 4 unspecified atom stereocenters. The van der Waals surface area contributed by atoms with Gasteiger partial charge in [0.1, 0.15) is 0 Å². The Bertz CT molecular complexity index is 3340. The van der Waals surface area contributed by atoms with Gasteiger partial charge in [0.15, 0.2) is 0 Å². The third-order valence-corrected chi connectivity index (χ3v) is 19.1. The summed E-state index contributed by atoms with van der Waals surface area (Å²) >= 11 is 1.90. The normalized spacial score (nSPS) is 26.0. The lowest BCUT2D eigenvalue weighted by atomic mass is 9.11. The number of fused-ring (bicyclic) bond motifs is 11. The van der Waals surface area contributed by atoms with Gasteiger partial charge in [0, 0.05) is 36.8 Å². The summed E-state index contributed by atoms with van der Waals surface area (Å²) in [5, 5.41) is 5.41. The molecule has 304 valence electrons. The second-order valence-corrected chi connectivity index (χ2v) is 21.2. The van der Waals surface area contributed by atoms with Crippen LogP contribution in [-0.2, 0) is 5.41 Å². The quantitative estimate of drug-likeness (QED) is 0.161. The van der Waals surface area contributed by atoms with Crippen LogP contribution in [0.3, 0.4) is 0 Å². The van der Waals surface area contributed by atoms with Crippen molar-refractivity contribution >= 4 is 59.3 Å². The minimum Gasteiger partial charge on any atom is -0.309 e. The summed E-state index contributed by atoms with van der Waals surface area (Å²) in [6, 6.07) is 65.7. The minimum absolute atomic E-state index is 0.219. The van der Waals surface area contributed by atoms with Crippen LogP contribution in [0.1, 0.15) is 74.0 Å². The number of nitrogens with zero attached hydrogens (tertiary/aromatic N) is 1. The number of thiophene rings is 1. The van der Waals surface area contributed by atoms with E-state index in [2.05, 4.69) is 175 Å². The standard InChI is InChI=1S/C61H49NS/c1-2-13-38(14-3-1)44-20-10-15-39-16-11-21-48(58(39)44)47-18-5-8-23-52(47)62(53-24-12-26-55-59(53)49-19-6-9-25-54(49)63-55)43-30-27-37(28-31-43)40-29-32-46-45-17-4-7-22-50(45)61(51(46)33-40)56-35-41-34-42-36-57(61)60(41,42)56/h4-12,15-33,38,41-42,56-57H,1-3,13-14,34-36H2. The van der Waals surface area contributed by atoms with Gasteiger partial charge < -0.3 is 4.90 Å². The molecule has 1 aromatic heterocycles. The van der Waals surface area contributed by atoms with Crippen molar-refractivity contribution in [2.75, 3.05) is 4.90 Å². The highest BCUT2D eigenvalue weighted by molar-refractivity contribution is 7.26. The van der Waals surface area contributed by atoms with E-state index in [4.69, 9.17) is 0 Å². The van der Waals surface area contributed by atoms with Crippen LogP contribution < -0.4 is 4.90 Å². The lowest BCUT2D eigenvalue weighted by Crippen LogP contribution is -2.88. The molecular formula is C61H49NS. The highest BCUT2D eigenvalue weighted by Crippen LogP contribution is 2.94. The first kappa shape index (κ1) is 35.5. The second kappa shape index (κ2) is 12.8. The maximum Gasteiger partial charge on any atom is 0.0555 e. The zero-order valence-corrected chi connectivity index (χ0v) is 36.4. The van der Waals surface area contributed by atoms with Gasteiger partial charge in [-0.1, -0.05) is 147 Å². The molecule has 5 saturated carbocycles. The molecule has 0 aliphatic heterocycles. The number of hydrogen-bond donors (Lipinski definition) is 0. The van der Waals surface area contributed by atoms with Crippen molar-refractivity contribution in [3.05, 3.63) is 187 Å². The van der Waals surface area contributed by atoms with Crippen LogP contribution in [0.2, 0.25) is 0 Å². The molecule has 0 bridgehead atoms. The SMILES string of the molecule is c1ccc(N(c2ccc(-c3ccc4c(c3)C3(c5ccccc5-4)C4CC5CC6CC3C564)cc2)c2cccc3sc4ccccc4c23)c(-c2cccc3cccc(C4CCCCC4)c23)c1. The van der Waals surface area contributed by atoms with Crippen LogP contribution in [0, 0.1) is 29.1 Å². The predicted molar refractivity (Wildman–Crippen MR) is 265 cm³/mol. The summed E-state index contributed by atoms with van der Waals surface area (Å²) in [7, 11) is 0. The summed E-state index contributed by atoms with van der Waals surface area (Å²) in [5.41, 5.74) is 17.5. The monoisotopic (exact) mass is 827 g/mol. The molecular weight excluding hydrogens is 779 g/mol. The van der Waals surface area contributed by atoms with Crippen molar-refractivity contribution in [2.45, 2.75) is 62.7 Å². The Morgan fingerprint density at radius 2 is 1.14 bits per heavy atom. The summed E-state index contributed by atoms with van der Waals surface area (Å²) in [5.74, 6) is 4.28. The first-order chi connectivity index (χ1) is 31.2. The number of hydrogen-bond acceptors (Lipinski definition) is 2. The molecule has 63 heavy (non-hydrogen) atoms. The van der Waals surface area contributed by atoms with Crippen molar-refractivity contribution in [1.82, 2.24) is 0 Å². The lowest BCUT2D eigenvalue weighted by molar-refractivity contribution is -0.412. The van der Waals surface area contributed by atoms with Crippen molar-refractivity contribution in [1.29, 1.82) is 0 Å². The smallest absolute Gasteiger partial charge is 0.0555 e. The van der Waals surface area contributed by atoms with E-state index in [9.17, 15) is 0 Å². The van der Waals surface area contributed by atoms with Crippen molar-refractivity contribution in [3.8, 4) is 33.4 Å². The molecule has 2 heteroatoms. The van der Waals surface area contributed by atoms with E-state index in [0.29, 0.717) is 11.3 Å². The average Bonchev–Trinajstić information content (AvgIpc) is 3.85. The molecule has 1 heterocycles. The van der Waals surface area contributed by atoms with Crippen LogP contribution in [0.15, 0.2) is 170 Å². The van der Waals surface area contributed by atoms with E-state index in [1.54, 1.807) is 11.1 Å². The van der Waals surface area contributed by atoms with E-state index in [1.807, 2.05) is 11.3 Å². The Hall–Kier alpha value is -5.96. The molecule has 8 aromatic carbocycles. The molecule has 6 aliphatic carbocycles. The summed E-state index contributed by atoms with van der Waals surface area (Å²) in [4.78, 5) is 2.57. The molecule has 0 N–H and O–H groups in total. The van der Waals surface area contributed by atoms with Gasteiger partial charge in [-0.25, -0.2) is 0 Å². The number of rotatable bonds is 6. The van der Waals surface area contributed by atoms with E-state index >= 15 is 0 Å². The zero-order chi connectivity index (χ0) is 41.0. The van der Waals surface area contributed by atoms with E-state index in [0.717, 1.165) is 23.7 Å². The lowest BCUT2D eigenvalue weighted by Gasteiger charge is -2.92. The predicted octanol–water partition coefficient (Wildman–Crippen LogP) is 17.0. The van der Waals surface area contributed by atoms with Crippen LogP contribution in [0.4, 0.5) is 17.1 Å². The Morgan fingerprint density at radius 1 is 0.476 bits per heavy atom. The Balaban J connectivity index is 0.895. The highest BCUT2D eigenvalue weighted by atomic mass is 32.1. The van der Waals surface area contributed by atoms with Crippen LogP contribution in [0.5, 0.6) is 0 Å². The topological polar surface area (TPSA) is 3.24 Å². The molecule has 4 atom stereocenters. The minimum atomic E-state index is 0.219. The van der Waals surface area contributed by atoms with Gasteiger partial charge in [0.05, 0.1) is 11.4 Å². The fraction of sp³-hybridized carbons (Fsp3) is 0.246. The molecule has 0 amide bonds. The van der Waals surface area contributed by atoms with Gasteiger partial charge in [0.25, 0.3) is 0 Å². The second-order valence-electron chi connectivity index (χ2n) is 20.1. The molecule has 1 nitrogen and oxygen atoms in total. The van der Waals surface area contributed by atoms with Gasteiger partial charge in [0.2, 0.25) is 0 Å². The first-order valence-corrected chi connectivity index (χ1v) is 24.7. The van der Waals surface area contributed by atoms with Crippen molar-refractivity contribution < 1.29 is 0 Å². The number of anilines is 3. The number of benzene rings is 8. The van der Waals surface area contributed by atoms with E-state index in [-0.39, 0.29) is 5.41 Å². The third kappa shape index (κ3) is 4.44. The van der Waals surface area contributed by atoms with Crippen molar-refractivity contribution in [3.63, 3.8) is 0 Å². The fourth-order valence-electron chi connectivity index (χ4n) is 15.5. The Kier molecular flexibility index (Phi) is 7.23. The molecule has 0 radical (unpaired) electrons. The number of para-hydroxylation sites is 1. The fourth-order valence-corrected chi connectivity index (χ4v) is 16.7. The molecule has 9 aromatic rings. The first-order valence-electron chi connectivity index (χ1n) is 23.9. The highest BCUT2D eigenvalue weighted by Gasteiger charge is 2.90. The van der Waals surface area contributed by atoms with Crippen LogP contribution in [0.25, 0.3) is 64.3 Å². The zero-order valence-electron chi connectivity index (χ0n) is 35.6. The van der Waals surface area contributed by atoms with Crippen LogP contribution in [-0.4, -0.2) is 0 Å². The van der Waals surface area contributed by atoms with E-state index in [1.165, 1.54) is 138 Å². The van der Waals surface area contributed by atoms with Gasteiger partial charge in [-0.2, -0.15) is 0 Å². The van der Waals surface area contributed by atoms with Gasteiger partial charge in [-0.05, 0) is 165 Å². The van der Waals surface area contributed by atoms with Gasteiger partial charge >= 0.3 is 0 Å². The maximum atomic E-state index is 2.63.